The van der Waals surface area contributed by atoms with Gasteiger partial charge >= 0.3 is 0 Å². The van der Waals surface area contributed by atoms with Crippen molar-refractivity contribution in [2.45, 2.75) is 50.4 Å². The molecule has 77 heavy (non-hydrogen) atoms. The largest absolute Gasteiger partial charge is 0.497 e. The van der Waals surface area contributed by atoms with Gasteiger partial charge in [-0.2, -0.15) is 9.97 Å². The lowest BCUT2D eigenvalue weighted by molar-refractivity contribution is -0.116. The number of ketones is 1. The molecule has 2 N–H and O–H groups in total. The Morgan fingerprint density at radius 3 is 2.03 bits per heavy atom. The standard InChI is InChI=1S/C60H59N9O8/c1-39(70)33-42-15-16-43(57-66-65-56(77-57)41-17-23-47(24-18-41)68-31-29-67(2)30-32-68)34-50(42)62-59-63-55-54(58(64-59)74-36-40-11-7-5-8-12-40)61-38-69(55)53-35-51(71)52(76-53)37-75-60(44-13-9-6-10-14-44,45-19-25-48(72-3)26-20-45)46-21-27-49(73-4)28-22-46/h5-28,34,38,51-53,71H,29-33,35-37H2,1-4H3,(H,62,63,64). The molecule has 2 aliphatic heterocycles. The molecule has 0 saturated carbocycles. The number of Topliss-reactive ketones (excluding diaryl/α,β-unsaturated/α-hetero) is 1. The predicted molar refractivity (Wildman–Crippen MR) is 291 cm³/mol. The van der Waals surface area contributed by atoms with Crippen molar-refractivity contribution in [1.29, 1.82) is 0 Å². The normalized spacial score (nSPS) is 16.9. The number of rotatable bonds is 19. The van der Waals surface area contributed by atoms with E-state index >= 15 is 0 Å². The fourth-order valence-corrected chi connectivity index (χ4v) is 10.0. The molecule has 0 amide bonds. The summed E-state index contributed by atoms with van der Waals surface area (Å²) in [4.78, 5) is 32.1. The number of aliphatic hydroxyl groups excluding tert-OH is 1. The van der Waals surface area contributed by atoms with E-state index in [9.17, 15) is 9.90 Å². The number of hydrogen-bond donors (Lipinski definition) is 2. The number of nitrogens with one attached hydrogen (secondary N) is 1. The van der Waals surface area contributed by atoms with Gasteiger partial charge in [-0.25, -0.2) is 4.98 Å². The Labute approximate surface area is 446 Å². The number of ether oxygens (including phenoxy) is 5. The van der Waals surface area contributed by atoms with E-state index in [1.54, 1.807) is 32.0 Å². The van der Waals surface area contributed by atoms with E-state index in [-0.39, 0.29) is 43.7 Å². The Bertz CT molecular complexity index is 3390. The first-order valence-corrected chi connectivity index (χ1v) is 25.6. The van der Waals surface area contributed by atoms with Crippen LogP contribution in [0.1, 0.15) is 47.4 Å². The number of carbonyl (C=O) groups is 1. The van der Waals surface area contributed by atoms with E-state index in [1.165, 1.54) is 0 Å². The molecule has 0 spiro atoms. The fourth-order valence-electron chi connectivity index (χ4n) is 10.0. The number of carbonyl (C=O) groups excluding carboxylic acids is 1. The highest BCUT2D eigenvalue weighted by molar-refractivity contribution is 5.83. The van der Waals surface area contributed by atoms with Gasteiger partial charge in [-0.1, -0.05) is 91.0 Å². The molecule has 2 fully saturated rings. The molecule has 0 radical (unpaired) electrons. The molecule has 0 aliphatic carbocycles. The Morgan fingerprint density at radius 2 is 1.38 bits per heavy atom. The second kappa shape index (κ2) is 22.4. The molecular formula is C60H59N9O8. The van der Waals surface area contributed by atoms with Gasteiger partial charge in [0.2, 0.25) is 23.6 Å². The quantitative estimate of drug-likeness (QED) is 0.0730. The lowest BCUT2D eigenvalue weighted by Crippen LogP contribution is -2.44. The van der Waals surface area contributed by atoms with Crippen LogP contribution in [0.3, 0.4) is 0 Å². The number of imidazole rings is 1. The minimum Gasteiger partial charge on any atom is -0.497 e. The van der Waals surface area contributed by atoms with Crippen LogP contribution in [0.4, 0.5) is 17.3 Å². The van der Waals surface area contributed by atoms with E-state index < -0.39 is 24.0 Å². The lowest BCUT2D eigenvalue weighted by Gasteiger charge is -2.37. The first-order chi connectivity index (χ1) is 37.6. The third-order valence-electron chi connectivity index (χ3n) is 14.2. The SMILES string of the molecule is COc1ccc(C(OCC2OC(n3cnc4c(OCc5ccccc5)nc(Nc5cc(-c6nnc(-c7ccc(N8CCN(C)CC8)cc7)o6)ccc5CC(C)=O)nc43)CC2O)(c2ccccc2)c2ccc(OC)cc2)cc1. The van der Waals surface area contributed by atoms with Crippen molar-refractivity contribution in [3.63, 3.8) is 0 Å². The number of hydrogen-bond acceptors (Lipinski definition) is 16. The van der Waals surface area contributed by atoms with Crippen LogP contribution in [0.2, 0.25) is 0 Å². The summed E-state index contributed by atoms with van der Waals surface area (Å²) in [6.45, 7) is 5.71. The van der Waals surface area contributed by atoms with Crippen LogP contribution in [0.15, 0.2) is 162 Å². The van der Waals surface area contributed by atoms with Gasteiger partial charge in [-0.3, -0.25) is 9.36 Å². The molecule has 6 aromatic carbocycles. The van der Waals surface area contributed by atoms with Gasteiger partial charge in [-0.05, 0) is 102 Å². The number of anilines is 3. The molecule has 9 aromatic rings. The van der Waals surface area contributed by atoms with E-state index in [4.69, 9.17) is 43.1 Å². The summed E-state index contributed by atoms with van der Waals surface area (Å²) >= 11 is 0. The number of piperazine rings is 1. The van der Waals surface area contributed by atoms with Gasteiger partial charge in [-0.15, -0.1) is 10.2 Å². The molecular weight excluding hydrogens is 975 g/mol. The second-order valence-corrected chi connectivity index (χ2v) is 19.3. The van der Waals surface area contributed by atoms with Gasteiger partial charge in [0.15, 0.2) is 11.2 Å². The van der Waals surface area contributed by atoms with Crippen LogP contribution in [0.5, 0.6) is 17.4 Å². The second-order valence-electron chi connectivity index (χ2n) is 19.3. The first-order valence-electron chi connectivity index (χ1n) is 25.6. The number of fused-ring (bicyclic) bond motifs is 1. The van der Waals surface area contributed by atoms with Crippen LogP contribution in [0, 0.1) is 0 Å². The van der Waals surface area contributed by atoms with E-state index in [1.807, 2.05) is 140 Å². The molecule has 2 aliphatic rings. The van der Waals surface area contributed by atoms with Gasteiger partial charge in [0.1, 0.15) is 41.8 Å². The maximum Gasteiger partial charge on any atom is 0.248 e. The summed E-state index contributed by atoms with van der Waals surface area (Å²) < 4.78 is 39.5. The van der Waals surface area contributed by atoms with Crippen LogP contribution in [-0.2, 0) is 32.9 Å². The zero-order chi connectivity index (χ0) is 52.9. The summed E-state index contributed by atoms with van der Waals surface area (Å²) in [6.07, 6.45) is -0.463. The Morgan fingerprint density at radius 1 is 0.753 bits per heavy atom. The number of aromatic nitrogens is 6. The molecule has 392 valence electrons. The summed E-state index contributed by atoms with van der Waals surface area (Å²) in [6, 6.07) is 49.0. The zero-order valence-corrected chi connectivity index (χ0v) is 43.3. The molecule has 3 atom stereocenters. The maximum atomic E-state index is 12.7. The van der Waals surface area contributed by atoms with Gasteiger partial charge in [0.25, 0.3) is 0 Å². The highest BCUT2D eigenvalue weighted by Crippen LogP contribution is 2.43. The lowest BCUT2D eigenvalue weighted by atomic mass is 9.80. The average Bonchev–Trinajstić information content (AvgIpc) is 4.24. The smallest absolute Gasteiger partial charge is 0.248 e. The fraction of sp³-hybridized carbons (Fsp3) is 0.267. The number of benzene rings is 6. The van der Waals surface area contributed by atoms with Crippen molar-refractivity contribution >= 4 is 34.3 Å². The van der Waals surface area contributed by atoms with Gasteiger partial charge < -0.3 is 48.3 Å². The molecule has 17 heteroatoms. The number of nitrogens with zero attached hydrogens (tertiary/aromatic N) is 8. The van der Waals surface area contributed by atoms with Crippen molar-refractivity contribution in [3.8, 4) is 40.3 Å². The molecule has 0 bridgehead atoms. The van der Waals surface area contributed by atoms with Crippen molar-refractivity contribution < 1.29 is 38.0 Å². The molecule has 3 unspecified atom stereocenters. The molecule has 3 aromatic heterocycles. The van der Waals surface area contributed by atoms with Crippen LogP contribution in [-0.4, -0.2) is 112 Å². The highest BCUT2D eigenvalue weighted by Gasteiger charge is 2.42. The van der Waals surface area contributed by atoms with Crippen molar-refractivity contribution in [2.75, 3.05) is 64.3 Å². The van der Waals surface area contributed by atoms with E-state index in [0.717, 1.165) is 59.7 Å². The average molecular weight is 1030 g/mol. The Hall–Kier alpha value is -8.48. The minimum absolute atomic E-state index is 0.00444. The monoisotopic (exact) mass is 1030 g/mol. The van der Waals surface area contributed by atoms with Crippen LogP contribution < -0.4 is 24.4 Å². The van der Waals surface area contributed by atoms with E-state index in [0.29, 0.717) is 51.3 Å². The highest BCUT2D eigenvalue weighted by atomic mass is 16.6. The molecule has 17 nitrogen and oxygen atoms in total. The third-order valence-corrected chi connectivity index (χ3v) is 14.2. The van der Waals surface area contributed by atoms with Gasteiger partial charge in [0.05, 0.1) is 33.3 Å². The minimum atomic E-state index is -1.14. The molecule has 2 saturated heterocycles. The topological polar surface area (TPSA) is 184 Å². The third kappa shape index (κ3) is 10.8. The summed E-state index contributed by atoms with van der Waals surface area (Å²) in [5.41, 5.74) is 6.96. The van der Waals surface area contributed by atoms with E-state index in [2.05, 4.69) is 44.5 Å². The van der Waals surface area contributed by atoms with Gasteiger partial charge in [0, 0.05) is 61.5 Å². The Balaban J connectivity index is 0.898. The number of likely N-dealkylation sites (N-methyl/N-ethyl adjacent to an activating group) is 1. The first kappa shape index (κ1) is 50.7. The number of methoxy groups -OCH3 is 2. The molecule has 11 rings (SSSR count). The van der Waals surface area contributed by atoms with Crippen molar-refractivity contribution in [1.82, 2.24) is 34.6 Å². The van der Waals surface area contributed by atoms with Crippen molar-refractivity contribution in [3.05, 3.63) is 186 Å². The predicted octanol–water partition coefficient (Wildman–Crippen LogP) is 9.42. The van der Waals surface area contributed by atoms with Crippen molar-refractivity contribution in [2.24, 2.45) is 0 Å². The summed E-state index contributed by atoms with van der Waals surface area (Å²) in [7, 11) is 5.41. The summed E-state index contributed by atoms with van der Waals surface area (Å²) in [5.74, 6) is 2.43. The number of aliphatic hydroxyl groups is 1. The zero-order valence-electron chi connectivity index (χ0n) is 43.3. The molecule has 5 heterocycles. The van der Waals surface area contributed by atoms with Crippen LogP contribution in [0.25, 0.3) is 34.1 Å². The van der Waals surface area contributed by atoms with Crippen LogP contribution >= 0.6 is 0 Å². The summed E-state index contributed by atoms with van der Waals surface area (Å²) in [5, 5.41) is 24.1. The Kier molecular flexibility index (Phi) is 14.7. The maximum absolute atomic E-state index is 12.7.